The molecule has 5 nitrogen and oxygen atoms in total. The Morgan fingerprint density at radius 1 is 1.15 bits per heavy atom. The Bertz CT molecular complexity index is 922. The minimum absolute atomic E-state index is 0.0692. The predicted molar refractivity (Wildman–Crippen MR) is 111 cm³/mol. The van der Waals surface area contributed by atoms with E-state index in [2.05, 4.69) is 22.4 Å². The summed E-state index contributed by atoms with van der Waals surface area (Å²) in [5.74, 6) is 0.664. The fraction of sp³-hybridized carbons (Fsp3) is 0.250. The van der Waals surface area contributed by atoms with Crippen LogP contribution in [0.25, 0.3) is 11.4 Å². The number of thioether (sulfide) groups is 1. The number of aromatic nitrogens is 3. The number of benzene rings is 2. The molecule has 1 atom stereocenters. The number of aryl methyl sites for hydroxylation is 1. The van der Waals surface area contributed by atoms with Crippen LogP contribution in [0.2, 0.25) is 5.02 Å². The van der Waals surface area contributed by atoms with E-state index in [1.807, 2.05) is 67.1 Å². The molecule has 0 aliphatic rings. The second-order valence-corrected chi connectivity index (χ2v) is 7.92. The number of nitrogens with one attached hydrogen (secondary N) is 1. The number of anilines is 1. The molecule has 3 rings (SSSR count). The Morgan fingerprint density at radius 2 is 1.81 bits per heavy atom. The van der Waals surface area contributed by atoms with Crippen molar-refractivity contribution in [2.45, 2.75) is 30.7 Å². The van der Waals surface area contributed by atoms with E-state index in [4.69, 9.17) is 11.6 Å². The molecule has 0 saturated heterocycles. The van der Waals surface area contributed by atoms with Crippen LogP contribution in [0.15, 0.2) is 53.7 Å². The average Bonchev–Trinajstić information content (AvgIpc) is 3.03. The molecule has 0 radical (unpaired) electrons. The Kier molecular flexibility index (Phi) is 6.19. The Hall–Kier alpha value is -2.31. The van der Waals surface area contributed by atoms with Gasteiger partial charge < -0.3 is 9.88 Å². The molecular weight excluding hydrogens is 380 g/mol. The van der Waals surface area contributed by atoms with Crippen molar-refractivity contribution in [1.82, 2.24) is 14.8 Å². The Morgan fingerprint density at radius 3 is 2.44 bits per heavy atom. The van der Waals surface area contributed by atoms with Gasteiger partial charge in [-0.3, -0.25) is 4.79 Å². The molecule has 27 heavy (non-hydrogen) atoms. The van der Waals surface area contributed by atoms with E-state index in [0.29, 0.717) is 10.2 Å². The van der Waals surface area contributed by atoms with Gasteiger partial charge >= 0.3 is 0 Å². The molecular formula is C20H21ClN4OS. The molecule has 1 heterocycles. The van der Waals surface area contributed by atoms with E-state index in [9.17, 15) is 4.79 Å². The first-order valence-electron chi connectivity index (χ1n) is 8.69. The minimum Gasteiger partial charge on any atom is -0.325 e. The van der Waals surface area contributed by atoms with Crippen molar-refractivity contribution in [3.63, 3.8) is 0 Å². The number of carbonyl (C=O) groups excluding carboxylic acids is 1. The summed E-state index contributed by atoms with van der Waals surface area (Å²) in [6.45, 7) is 3.96. The van der Waals surface area contributed by atoms with Crippen molar-refractivity contribution >= 4 is 35.0 Å². The van der Waals surface area contributed by atoms with Gasteiger partial charge in [0.1, 0.15) is 0 Å². The highest BCUT2D eigenvalue weighted by Crippen LogP contribution is 2.27. The number of hydrogen-bond donors (Lipinski definition) is 1. The largest absolute Gasteiger partial charge is 0.325 e. The van der Waals surface area contributed by atoms with Gasteiger partial charge in [-0.15, -0.1) is 10.2 Å². The van der Waals surface area contributed by atoms with Crippen molar-refractivity contribution in [2.24, 2.45) is 7.05 Å². The molecule has 1 aromatic heterocycles. The van der Waals surface area contributed by atoms with Crippen LogP contribution in [0.4, 0.5) is 5.69 Å². The zero-order valence-corrected chi connectivity index (χ0v) is 17.0. The standard InChI is InChI=1S/C20H21ClN4OS/c1-4-14-5-11-17(12-6-14)22-19(26)13(2)27-20-24-23-18(25(20)3)15-7-9-16(21)10-8-15/h5-13H,4H2,1-3H3,(H,22,26)/t13-/m0/s1. The average molecular weight is 401 g/mol. The summed E-state index contributed by atoms with van der Waals surface area (Å²) >= 11 is 7.31. The third-order valence-corrected chi connectivity index (χ3v) is 5.60. The smallest absolute Gasteiger partial charge is 0.237 e. The summed E-state index contributed by atoms with van der Waals surface area (Å²) in [5, 5.41) is 12.5. The second-order valence-electron chi connectivity index (χ2n) is 6.17. The van der Waals surface area contributed by atoms with Crippen LogP contribution in [0, 0.1) is 0 Å². The monoisotopic (exact) mass is 400 g/mol. The molecule has 1 amide bonds. The quantitative estimate of drug-likeness (QED) is 0.603. The van der Waals surface area contributed by atoms with E-state index in [0.717, 1.165) is 23.5 Å². The second kappa shape index (κ2) is 8.59. The molecule has 1 N–H and O–H groups in total. The van der Waals surface area contributed by atoms with Crippen LogP contribution in [0.1, 0.15) is 19.4 Å². The number of rotatable bonds is 6. The lowest BCUT2D eigenvalue weighted by Crippen LogP contribution is -2.22. The van der Waals surface area contributed by atoms with Crippen molar-refractivity contribution in [3.8, 4) is 11.4 Å². The number of halogens is 1. The topological polar surface area (TPSA) is 59.8 Å². The molecule has 0 unspecified atom stereocenters. The normalized spacial score (nSPS) is 12.0. The highest BCUT2D eigenvalue weighted by Gasteiger charge is 2.19. The fourth-order valence-electron chi connectivity index (χ4n) is 2.55. The summed E-state index contributed by atoms with van der Waals surface area (Å²) in [6, 6.07) is 15.3. The Balaban J connectivity index is 1.67. The summed E-state index contributed by atoms with van der Waals surface area (Å²) < 4.78 is 1.88. The minimum atomic E-state index is -0.309. The molecule has 0 bridgehead atoms. The molecule has 0 fully saturated rings. The van der Waals surface area contributed by atoms with Crippen LogP contribution >= 0.6 is 23.4 Å². The van der Waals surface area contributed by atoms with E-state index in [-0.39, 0.29) is 11.2 Å². The van der Waals surface area contributed by atoms with Crippen molar-refractivity contribution in [1.29, 1.82) is 0 Å². The molecule has 7 heteroatoms. The van der Waals surface area contributed by atoms with Gasteiger partial charge in [-0.2, -0.15) is 0 Å². The first-order valence-corrected chi connectivity index (χ1v) is 9.95. The highest BCUT2D eigenvalue weighted by molar-refractivity contribution is 8.00. The highest BCUT2D eigenvalue weighted by atomic mass is 35.5. The zero-order valence-electron chi connectivity index (χ0n) is 15.4. The first kappa shape index (κ1) is 19.5. The van der Waals surface area contributed by atoms with Crippen LogP contribution in [0.3, 0.4) is 0 Å². The van der Waals surface area contributed by atoms with Crippen LogP contribution in [-0.2, 0) is 18.3 Å². The van der Waals surface area contributed by atoms with Gasteiger partial charge in [-0.05, 0) is 55.3 Å². The predicted octanol–water partition coefficient (Wildman–Crippen LogP) is 4.82. The van der Waals surface area contributed by atoms with Gasteiger partial charge in [0.15, 0.2) is 11.0 Å². The number of carbonyl (C=O) groups is 1. The lowest BCUT2D eigenvalue weighted by atomic mass is 10.1. The molecule has 140 valence electrons. The first-order chi connectivity index (χ1) is 13.0. The van der Waals surface area contributed by atoms with Gasteiger partial charge in [0.25, 0.3) is 0 Å². The van der Waals surface area contributed by atoms with Gasteiger partial charge in [0.2, 0.25) is 5.91 Å². The summed E-state index contributed by atoms with van der Waals surface area (Å²) in [6.07, 6.45) is 0.975. The summed E-state index contributed by atoms with van der Waals surface area (Å²) in [7, 11) is 1.89. The maximum atomic E-state index is 12.5. The SMILES string of the molecule is CCc1ccc(NC(=O)[C@H](C)Sc2nnc(-c3ccc(Cl)cc3)n2C)cc1. The van der Waals surface area contributed by atoms with E-state index in [1.165, 1.54) is 17.3 Å². The number of hydrogen-bond acceptors (Lipinski definition) is 4. The maximum absolute atomic E-state index is 12.5. The number of nitrogens with zero attached hydrogens (tertiary/aromatic N) is 3. The zero-order chi connectivity index (χ0) is 19.4. The van der Waals surface area contributed by atoms with Gasteiger partial charge in [-0.1, -0.05) is 42.4 Å². The van der Waals surface area contributed by atoms with Crippen molar-refractivity contribution < 1.29 is 4.79 Å². The third-order valence-electron chi connectivity index (χ3n) is 4.22. The lowest BCUT2D eigenvalue weighted by molar-refractivity contribution is -0.115. The Labute approximate surface area is 168 Å². The van der Waals surface area contributed by atoms with E-state index >= 15 is 0 Å². The van der Waals surface area contributed by atoms with Gasteiger partial charge in [0, 0.05) is 23.3 Å². The fourth-order valence-corrected chi connectivity index (χ4v) is 3.49. The maximum Gasteiger partial charge on any atom is 0.237 e. The molecule has 2 aromatic carbocycles. The molecule has 0 aliphatic carbocycles. The summed E-state index contributed by atoms with van der Waals surface area (Å²) in [5.41, 5.74) is 2.96. The molecule has 0 spiro atoms. The lowest BCUT2D eigenvalue weighted by Gasteiger charge is -2.12. The van der Waals surface area contributed by atoms with E-state index in [1.54, 1.807) is 0 Å². The van der Waals surface area contributed by atoms with Crippen LogP contribution in [0.5, 0.6) is 0 Å². The molecule has 0 aliphatic heterocycles. The molecule has 3 aromatic rings. The molecule has 0 saturated carbocycles. The summed E-state index contributed by atoms with van der Waals surface area (Å²) in [4.78, 5) is 12.5. The third kappa shape index (κ3) is 4.70. The van der Waals surface area contributed by atoms with Crippen LogP contribution < -0.4 is 5.32 Å². The van der Waals surface area contributed by atoms with Gasteiger partial charge in [-0.25, -0.2) is 0 Å². The number of amides is 1. The van der Waals surface area contributed by atoms with Crippen molar-refractivity contribution in [3.05, 3.63) is 59.1 Å². The van der Waals surface area contributed by atoms with E-state index < -0.39 is 0 Å². The van der Waals surface area contributed by atoms with Crippen LogP contribution in [-0.4, -0.2) is 25.9 Å². The van der Waals surface area contributed by atoms with Crippen molar-refractivity contribution in [2.75, 3.05) is 5.32 Å². The van der Waals surface area contributed by atoms with Gasteiger partial charge in [0.05, 0.1) is 5.25 Å².